The molecule has 0 amide bonds. The van der Waals surface area contributed by atoms with Gasteiger partial charge in [0, 0.05) is 24.7 Å². The van der Waals surface area contributed by atoms with Crippen molar-refractivity contribution < 1.29 is 9.47 Å². The summed E-state index contributed by atoms with van der Waals surface area (Å²) in [7, 11) is 0. The SMILES string of the molecule is CCOCCn1ccc2c(OCC)cccc2c1=O. The van der Waals surface area contributed by atoms with Crippen LogP contribution in [0.15, 0.2) is 35.3 Å². The lowest BCUT2D eigenvalue weighted by molar-refractivity contribution is 0.138. The molecule has 0 N–H and O–H groups in total. The molecule has 0 aliphatic carbocycles. The third-order valence-corrected chi connectivity index (χ3v) is 2.96. The summed E-state index contributed by atoms with van der Waals surface area (Å²) < 4.78 is 12.5. The minimum absolute atomic E-state index is 0.00115. The van der Waals surface area contributed by atoms with E-state index >= 15 is 0 Å². The third-order valence-electron chi connectivity index (χ3n) is 2.96. The lowest BCUT2D eigenvalue weighted by atomic mass is 10.1. The predicted molar refractivity (Wildman–Crippen MR) is 75.9 cm³/mol. The van der Waals surface area contributed by atoms with Gasteiger partial charge in [0.2, 0.25) is 0 Å². The van der Waals surface area contributed by atoms with Gasteiger partial charge in [0.15, 0.2) is 0 Å². The third kappa shape index (κ3) is 2.96. The van der Waals surface area contributed by atoms with Crippen LogP contribution in [0.1, 0.15) is 13.8 Å². The van der Waals surface area contributed by atoms with E-state index in [2.05, 4.69) is 0 Å². The van der Waals surface area contributed by atoms with E-state index in [9.17, 15) is 4.79 Å². The highest BCUT2D eigenvalue weighted by Gasteiger charge is 2.06. The fraction of sp³-hybridized carbons (Fsp3) is 0.400. The largest absolute Gasteiger partial charge is 0.493 e. The van der Waals surface area contributed by atoms with Gasteiger partial charge in [-0.25, -0.2) is 0 Å². The number of aromatic nitrogens is 1. The number of hydrogen-bond acceptors (Lipinski definition) is 3. The van der Waals surface area contributed by atoms with Crippen LogP contribution in [0.4, 0.5) is 0 Å². The Hall–Kier alpha value is -1.81. The minimum atomic E-state index is -0.00115. The standard InChI is InChI=1S/C15H19NO3/c1-3-18-11-10-16-9-8-12-13(15(16)17)6-5-7-14(12)19-4-2/h5-9H,3-4,10-11H2,1-2H3. The molecule has 0 unspecified atom stereocenters. The second-order valence-corrected chi connectivity index (χ2v) is 4.16. The molecule has 0 radical (unpaired) electrons. The van der Waals surface area contributed by atoms with Crippen LogP contribution in [-0.2, 0) is 11.3 Å². The molecule has 1 aromatic heterocycles. The number of benzene rings is 1. The van der Waals surface area contributed by atoms with Crippen LogP contribution in [0.3, 0.4) is 0 Å². The zero-order chi connectivity index (χ0) is 13.7. The Labute approximate surface area is 112 Å². The van der Waals surface area contributed by atoms with Gasteiger partial charge < -0.3 is 14.0 Å². The maximum Gasteiger partial charge on any atom is 0.258 e. The van der Waals surface area contributed by atoms with Crippen molar-refractivity contribution in [3.63, 3.8) is 0 Å². The molecule has 0 saturated carbocycles. The van der Waals surface area contributed by atoms with Crippen molar-refractivity contribution in [2.75, 3.05) is 19.8 Å². The van der Waals surface area contributed by atoms with Crippen molar-refractivity contribution in [2.24, 2.45) is 0 Å². The van der Waals surface area contributed by atoms with Gasteiger partial charge in [-0.1, -0.05) is 6.07 Å². The summed E-state index contributed by atoms with van der Waals surface area (Å²) in [6.45, 7) is 6.25. The highest BCUT2D eigenvalue weighted by atomic mass is 16.5. The summed E-state index contributed by atoms with van der Waals surface area (Å²) in [4.78, 5) is 12.3. The molecule has 0 spiro atoms. The number of nitrogens with zero attached hydrogens (tertiary/aromatic N) is 1. The van der Waals surface area contributed by atoms with Crippen LogP contribution in [-0.4, -0.2) is 24.4 Å². The monoisotopic (exact) mass is 261 g/mol. The fourth-order valence-corrected chi connectivity index (χ4v) is 2.05. The number of pyridine rings is 1. The molecule has 1 heterocycles. The maximum atomic E-state index is 12.3. The van der Waals surface area contributed by atoms with Crippen LogP contribution < -0.4 is 10.3 Å². The van der Waals surface area contributed by atoms with Crippen molar-refractivity contribution in [1.82, 2.24) is 4.57 Å². The predicted octanol–water partition coefficient (Wildman–Crippen LogP) is 2.44. The molecule has 102 valence electrons. The van der Waals surface area contributed by atoms with Gasteiger partial charge in [0.1, 0.15) is 5.75 Å². The van der Waals surface area contributed by atoms with E-state index in [1.54, 1.807) is 10.8 Å². The van der Waals surface area contributed by atoms with E-state index in [1.807, 2.05) is 38.1 Å². The first-order chi connectivity index (χ1) is 9.27. The van der Waals surface area contributed by atoms with Crippen molar-refractivity contribution in [2.45, 2.75) is 20.4 Å². The van der Waals surface area contributed by atoms with Crippen molar-refractivity contribution in [1.29, 1.82) is 0 Å². The quantitative estimate of drug-likeness (QED) is 0.750. The van der Waals surface area contributed by atoms with Crippen LogP contribution in [0.5, 0.6) is 5.75 Å². The van der Waals surface area contributed by atoms with E-state index in [-0.39, 0.29) is 5.56 Å². The summed E-state index contributed by atoms with van der Waals surface area (Å²) in [5.41, 5.74) is -0.00115. The Morgan fingerprint density at radius 1 is 1.11 bits per heavy atom. The first-order valence-electron chi connectivity index (χ1n) is 6.60. The van der Waals surface area contributed by atoms with Crippen LogP contribution in [0.25, 0.3) is 10.8 Å². The summed E-state index contributed by atoms with van der Waals surface area (Å²) in [5, 5.41) is 1.55. The van der Waals surface area contributed by atoms with Crippen LogP contribution in [0, 0.1) is 0 Å². The molecule has 0 fully saturated rings. The van der Waals surface area contributed by atoms with Gasteiger partial charge in [-0.2, -0.15) is 0 Å². The molecule has 0 aliphatic heterocycles. The van der Waals surface area contributed by atoms with Crippen molar-refractivity contribution in [3.8, 4) is 5.75 Å². The van der Waals surface area contributed by atoms with E-state index in [1.165, 1.54) is 0 Å². The Kier molecular flexibility index (Phi) is 4.58. The maximum absolute atomic E-state index is 12.3. The van der Waals surface area contributed by atoms with Gasteiger partial charge in [0.05, 0.1) is 18.6 Å². The van der Waals surface area contributed by atoms with Crippen LogP contribution >= 0.6 is 0 Å². The summed E-state index contributed by atoms with van der Waals surface area (Å²) in [6.07, 6.45) is 1.80. The average Bonchev–Trinajstić information content (AvgIpc) is 2.42. The molecule has 0 atom stereocenters. The molecular weight excluding hydrogens is 242 g/mol. The summed E-state index contributed by atoms with van der Waals surface area (Å²) >= 11 is 0. The Morgan fingerprint density at radius 2 is 1.95 bits per heavy atom. The van der Waals surface area contributed by atoms with Gasteiger partial charge in [0.25, 0.3) is 5.56 Å². The second kappa shape index (κ2) is 6.38. The first kappa shape index (κ1) is 13.6. The van der Waals surface area contributed by atoms with Crippen molar-refractivity contribution in [3.05, 3.63) is 40.8 Å². The van der Waals surface area contributed by atoms with E-state index in [4.69, 9.17) is 9.47 Å². The van der Waals surface area contributed by atoms with Crippen molar-refractivity contribution >= 4 is 10.8 Å². The molecule has 4 heteroatoms. The molecule has 0 aliphatic rings. The number of hydrogen-bond donors (Lipinski definition) is 0. The highest BCUT2D eigenvalue weighted by Crippen LogP contribution is 2.22. The average molecular weight is 261 g/mol. The van der Waals surface area contributed by atoms with E-state index in [0.717, 1.165) is 11.1 Å². The molecule has 1 aromatic carbocycles. The molecule has 2 rings (SSSR count). The fourth-order valence-electron chi connectivity index (χ4n) is 2.05. The van der Waals surface area contributed by atoms with E-state index < -0.39 is 0 Å². The number of rotatable bonds is 6. The van der Waals surface area contributed by atoms with Gasteiger partial charge in [-0.3, -0.25) is 4.79 Å². The highest BCUT2D eigenvalue weighted by molar-refractivity contribution is 5.87. The molecule has 0 bridgehead atoms. The normalized spacial score (nSPS) is 10.8. The van der Waals surface area contributed by atoms with E-state index in [0.29, 0.717) is 31.8 Å². The molecular formula is C15H19NO3. The molecule has 4 nitrogen and oxygen atoms in total. The Morgan fingerprint density at radius 3 is 2.68 bits per heavy atom. The Balaban J connectivity index is 2.39. The Bertz CT molecular complexity index is 604. The zero-order valence-electron chi connectivity index (χ0n) is 11.4. The summed E-state index contributed by atoms with van der Waals surface area (Å²) in [5.74, 6) is 0.758. The lowest BCUT2D eigenvalue weighted by Gasteiger charge is -2.10. The second-order valence-electron chi connectivity index (χ2n) is 4.16. The summed E-state index contributed by atoms with van der Waals surface area (Å²) in [6, 6.07) is 7.49. The van der Waals surface area contributed by atoms with Gasteiger partial charge >= 0.3 is 0 Å². The van der Waals surface area contributed by atoms with Gasteiger partial charge in [-0.05, 0) is 32.0 Å². The smallest absolute Gasteiger partial charge is 0.258 e. The number of ether oxygens (including phenoxy) is 2. The lowest BCUT2D eigenvalue weighted by Crippen LogP contribution is -2.22. The topological polar surface area (TPSA) is 40.5 Å². The molecule has 2 aromatic rings. The minimum Gasteiger partial charge on any atom is -0.493 e. The molecule has 0 saturated heterocycles. The number of fused-ring (bicyclic) bond motifs is 1. The molecule has 19 heavy (non-hydrogen) atoms. The first-order valence-corrected chi connectivity index (χ1v) is 6.60. The van der Waals surface area contributed by atoms with Crippen LogP contribution in [0.2, 0.25) is 0 Å². The zero-order valence-corrected chi connectivity index (χ0v) is 11.4. The van der Waals surface area contributed by atoms with Gasteiger partial charge in [-0.15, -0.1) is 0 Å².